The number of nitrogens with zero attached hydrogens (tertiary/aromatic N) is 1. The first-order valence-electron chi connectivity index (χ1n) is 22.6. The normalized spacial score (nSPS) is 23.8. The molecule has 14 N–H and O–H groups in total. The number of aliphatic hydroxyl groups is 1. The molecule has 1 aromatic carbocycles. The van der Waals surface area contributed by atoms with Crippen LogP contribution < -0.4 is 59.2 Å². The Morgan fingerprint density at radius 2 is 1.53 bits per heavy atom. The summed E-state index contributed by atoms with van der Waals surface area (Å²) in [5.74, 6) is -8.07. The first kappa shape index (κ1) is 56.7. The number of benzene rings is 1. The summed E-state index contributed by atoms with van der Waals surface area (Å²) in [7, 11) is 2.27. The molecule has 23 nitrogen and oxygen atoms in total. The lowest BCUT2D eigenvalue weighted by Crippen LogP contribution is -2.63. The Labute approximate surface area is 403 Å². The average molecular weight is 994 g/mol. The molecule has 0 aliphatic carbocycles. The van der Waals surface area contributed by atoms with Crippen molar-refractivity contribution in [3.63, 3.8) is 0 Å². The minimum atomic E-state index is -1.74. The fourth-order valence-electron chi connectivity index (χ4n) is 7.29. The largest absolute Gasteiger partial charge is 0.494 e. The van der Waals surface area contributed by atoms with E-state index < -0.39 is 126 Å². The summed E-state index contributed by atoms with van der Waals surface area (Å²) in [5.41, 5.74) is 17.0. The van der Waals surface area contributed by atoms with Crippen LogP contribution in [0, 0.1) is 5.92 Å². The van der Waals surface area contributed by atoms with E-state index in [2.05, 4.69) is 37.2 Å². The predicted octanol–water partition coefficient (Wildman–Crippen LogP) is -3.04. The lowest BCUT2D eigenvalue weighted by Gasteiger charge is -2.31. The number of primary amides is 2. The number of nitrogens with two attached hydrogens (primary N) is 3. The highest BCUT2D eigenvalue weighted by atomic mass is 33.1. The van der Waals surface area contributed by atoms with Crippen molar-refractivity contribution in [2.24, 2.45) is 23.1 Å². The SMILES string of the molecule is CCOc1ccc(CC2NC(=O)CCSSCC(C(=O)N3CCCC3C(=O)NC(CCCN)C(=O)NCC(N)=O)NC(=O)C(CC(N)=O)NC(=O)C(C(C)O)NC(=O)[C@@H](C(C)CC)NC2=O)cc1. The second-order valence-corrected chi connectivity index (χ2v) is 19.1. The zero-order valence-corrected chi connectivity index (χ0v) is 40.5. The highest BCUT2D eigenvalue weighted by molar-refractivity contribution is 8.76. The maximum atomic E-state index is 14.4. The number of amides is 10. The molecule has 2 saturated heterocycles. The van der Waals surface area contributed by atoms with Gasteiger partial charge in [0.2, 0.25) is 59.1 Å². The van der Waals surface area contributed by atoms with Gasteiger partial charge in [-0.1, -0.05) is 54.0 Å². The minimum Gasteiger partial charge on any atom is -0.494 e. The monoisotopic (exact) mass is 993 g/mol. The lowest BCUT2D eigenvalue weighted by atomic mass is 9.96. The van der Waals surface area contributed by atoms with Crippen molar-refractivity contribution in [2.45, 2.75) is 127 Å². The van der Waals surface area contributed by atoms with E-state index in [1.807, 2.05) is 6.92 Å². The summed E-state index contributed by atoms with van der Waals surface area (Å²) in [4.78, 5) is 135. The topological polar surface area (TPSA) is 366 Å². The summed E-state index contributed by atoms with van der Waals surface area (Å²) in [5, 5.41) is 28.7. The van der Waals surface area contributed by atoms with Crippen LogP contribution in [0.2, 0.25) is 0 Å². The van der Waals surface area contributed by atoms with Crippen LogP contribution in [0.5, 0.6) is 5.75 Å². The third-order valence-corrected chi connectivity index (χ3v) is 13.6. The molecule has 2 aliphatic rings. The maximum Gasteiger partial charge on any atom is 0.246 e. The number of rotatable bonds is 18. The molecule has 0 aromatic heterocycles. The van der Waals surface area contributed by atoms with E-state index in [1.165, 1.54) is 22.6 Å². The van der Waals surface area contributed by atoms with Crippen LogP contribution in [0.25, 0.3) is 0 Å². The van der Waals surface area contributed by atoms with Crippen LogP contribution in [-0.2, 0) is 54.4 Å². The lowest BCUT2D eigenvalue weighted by molar-refractivity contribution is -0.142. The highest BCUT2D eigenvalue weighted by Crippen LogP contribution is 2.26. The smallest absolute Gasteiger partial charge is 0.246 e. The molecule has 0 spiro atoms. The van der Waals surface area contributed by atoms with E-state index >= 15 is 0 Å². The number of carbonyl (C=O) groups excluding carboxylic acids is 10. The van der Waals surface area contributed by atoms with Gasteiger partial charge in [-0.2, -0.15) is 0 Å². The van der Waals surface area contributed by atoms with Gasteiger partial charge in [0.05, 0.1) is 25.7 Å². The Kier molecular flexibility index (Phi) is 23.8. The van der Waals surface area contributed by atoms with Crippen LogP contribution in [0.1, 0.15) is 78.2 Å². The van der Waals surface area contributed by atoms with Crippen LogP contribution in [0.4, 0.5) is 0 Å². The quantitative estimate of drug-likeness (QED) is 0.0652. The molecule has 25 heteroatoms. The summed E-state index contributed by atoms with van der Waals surface area (Å²) in [6.07, 6.45) is -1.05. The van der Waals surface area contributed by atoms with E-state index in [9.17, 15) is 53.1 Å². The molecule has 0 radical (unpaired) electrons. The van der Waals surface area contributed by atoms with Gasteiger partial charge in [-0.25, -0.2) is 0 Å². The Morgan fingerprint density at radius 3 is 2.15 bits per heavy atom. The zero-order chi connectivity index (χ0) is 50.5. The van der Waals surface area contributed by atoms with Crippen LogP contribution in [-0.4, -0.2) is 155 Å². The van der Waals surface area contributed by atoms with Gasteiger partial charge >= 0.3 is 0 Å². The van der Waals surface area contributed by atoms with Gasteiger partial charge in [0.15, 0.2) is 0 Å². The predicted molar refractivity (Wildman–Crippen MR) is 253 cm³/mol. The number of ether oxygens (including phenoxy) is 1. The molecule has 10 amide bonds. The second-order valence-electron chi connectivity index (χ2n) is 16.5. The molecular weight excluding hydrogens is 927 g/mol. The Hall–Kier alpha value is -5.66. The Morgan fingerprint density at radius 1 is 0.868 bits per heavy atom. The minimum absolute atomic E-state index is 0.0243. The molecule has 2 heterocycles. The number of nitrogens with one attached hydrogen (secondary N) is 7. The highest BCUT2D eigenvalue weighted by Gasteiger charge is 2.41. The Bertz CT molecular complexity index is 1950. The van der Waals surface area contributed by atoms with Crippen LogP contribution in [0.3, 0.4) is 0 Å². The Balaban J connectivity index is 1.99. The summed E-state index contributed by atoms with van der Waals surface area (Å²) in [6.45, 7) is 6.72. The first-order valence-corrected chi connectivity index (χ1v) is 25.1. The third-order valence-electron chi connectivity index (χ3n) is 11.2. The van der Waals surface area contributed by atoms with Gasteiger partial charge in [-0.15, -0.1) is 0 Å². The molecule has 0 saturated carbocycles. The molecule has 0 bridgehead atoms. The van der Waals surface area contributed by atoms with Gasteiger partial charge in [0.25, 0.3) is 0 Å². The van der Waals surface area contributed by atoms with Gasteiger partial charge < -0.3 is 69.2 Å². The fourth-order valence-corrected chi connectivity index (χ4v) is 9.44. The summed E-state index contributed by atoms with van der Waals surface area (Å²) >= 11 is 0. The molecule has 68 heavy (non-hydrogen) atoms. The fraction of sp³-hybridized carbons (Fsp3) is 0.628. The van der Waals surface area contributed by atoms with E-state index in [-0.39, 0.29) is 50.3 Å². The number of carbonyl (C=O) groups is 10. The molecule has 1 aromatic rings. The standard InChI is InChI=1S/C43H67N11O12S2/c1-5-23(3)35-41(63)53-36(24(4)55)42(64)50-29(20-32(45)56)38(60)51-30(43(65)54-17-8-10-31(54)40(62)49-27(9-7-16-44)37(59)47-21-33(46)57)22-68-67-18-15-34(58)48-28(39(61)52-35)19-25-11-13-26(14-12-25)66-6-2/h11-14,23-24,27-31,35-36,55H,5-10,15-22,44H2,1-4H3,(H2,45,56)(H2,46,57)(H,47,59)(H,48,58)(H,49,62)(H,50,64)(H,51,60)(H,52,61)(H,53,63)/t23?,24?,27?,28?,29?,30?,31?,35-,36?/m1/s1. The van der Waals surface area contributed by atoms with E-state index in [0.717, 1.165) is 10.8 Å². The maximum absolute atomic E-state index is 14.4. The van der Waals surface area contributed by atoms with Gasteiger partial charge in [-0.3, -0.25) is 47.9 Å². The van der Waals surface area contributed by atoms with Crippen molar-refractivity contribution in [3.8, 4) is 5.75 Å². The third kappa shape index (κ3) is 18.1. The van der Waals surface area contributed by atoms with Crippen LogP contribution in [0.15, 0.2) is 24.3 Å². The molecule has 9 atom stereocenters. The van der Waals surface area contributed by atoms with Gasteiger partial charge in [-0.05, 0) is 69.7 Å². The van der Waals surface area contributed by atoms with E-state index in [4.69, 9.17) is 21.9 Å². The van der Waals surface area contributed by atoms with Crippen molar-refractivity contribution in [2.75, 3.05) is 37.7 Å². The molecule has 2 fully saturated rings. The van der Waals surface area contributed by atoms with Crippen LogP contribution >= 0.6 is 21.6 Å². The van der Waals surface area contributed by atoms with Crippen molar-refractivity contribution in [1.29, 1.82) is 0 Å². The molecule has 2 aliphatic heterocycles. The molecular formula is C43H67N11O12S2. The van der Waals surface area contributed by atoms with Gasteiger partial charge in [0.1, 0.15) is 48.0 Å². The second kappa shape index (κ2) is 28.6. The summed E-state index contributed by atoms with van der Waals surface area (Å²) < 4.78 is 5.53. The number of hydrogen-bond acceptors (Lipinski definition) is 15. The molecule has 378 valence electrons. The first-order chi connectivity index (χ1) is 32.3. The van der Waals surface area contributed by atoms with Crippen molar-refractivity contribution < 1.29 is 57.8 Å². The summed E-state index contributed by atoms with van der Waals surface area (Å²) in [6, 6.07) is -2.62. The number of aliphatic hydroxyl groups excluding tert-OH is 1. The van der Waals surface area contributed by atoms with Crippen molar-refractivity contribution in [1.82, 2.24) is 42.1 Å². The van der Waals surface area contributed by atoms with E-state index in [0.29, 0.717) is 37.2 Å². The number of hydrogen-bond donors (Lipinski definition) is 11. The average Bonchev–Trinajstić information content (AvgIpc) is 3.79. The molecule has 8 unspecified atom stereocenters. The van der Waals surface area contributed by atoms with E-state index in [1.54, 1.807) is 38.1 Å². The van der Waals surface area contributed by atoms with Gasteiger partial charge in [0, 0.05) is 30.9 Å². The van der Waals surface area contributed by atoms with Crippen molar-refractivity contribution >= 4 is 80.7 Å². The number of likely N-dealkylation sites (tertiary alicyclic amines) is 1. The molecule has 3 rings (SSSR count). The van der Waals surface area contributed by atoms with Crippen molar-refractivity contribution in [3.05, 3.63) is 29.8 Å². The zero-order valence-electron chi connectivity index (χ0n) is 38.8.